The van der Waals surface area contributed by atoms with E-state index in [1.165, 1.54) is 13.2 Å². The molecule has 1 aliphatic heterocycles. The normalized spacial score (nSPS) is 27.6. The first-order valence-corrected chi connectivity index (χ1v) is 6.35. The van der Waals surface area contributed by atoms with E-state index in [4.69, 9.17) is 9.47 Å². The van der Waals surface area contributed by atoms with Gasteiger partial charge in [-0.25, -0.2) is 0 Å². The van der Waals surface area contributed by atoms with Crippen LogP contribution in [0.25, 0.3) is 0 Å². The molecule has 1 saturated heterocycles. The summed E-state index contributed by atoms with van der Waals surface area (Å²) in [5.41, 5.74) is -1.39. The number of hydrogen-bond donors (Lipinski definition) is 1. The van der Waals surface area contributed by atoms with Crippen LogP contribution in [0.15, 0.2) is 18.2 Å². The highest BCUT2D eigenvalue weighted by atomic mass is 19.4. The van der Waals surface area contributed by atoms with Crippen LogP contribution in [0.4, 0.5) is 13.2 Å². The van der Waals surface area contributed by atoms with Gasteiger partial charge in [-0.15, -0.1) is 0 Å². The molecule has 0 spiro atoms. The van der Waals surface area contributed by atoms with Crippen molar-refractivity contribution in [1.29, 1.82) is 0 Å². The van der Waals surface area contributed by atoms with Gasteiger partial charge >= 0.3 is 6.18 Å². The standard InChI is InChI=1S/C14H17F3O3/c1-9-8-13(19-2,3-4-20-9)10-5-11(14(15,16)17)7-12(18)6-10/h5-7,9,18H,3-4,8H2,1-2H3. The van der Waals surface area contributed by atoms with Crippen molar-refractivity contribution in [2.75, 3.05) is 13.7 Å². The maximum absolute atomic E-state index is 12.8. The number of phenols is 1. The topological polar surface area (TPSA) is 38.7 Å². The predicted octanol–water partition coefficient (Wildman–Crippen LogP) is 3.45. The molecule has 0 radical (unpaired) electrons. The fourth-order valence-corrected chi connectivity index (χ4v) is 2.65. The third-order valence-electron chi connectivity index (χ3n) is 3.69. The highest BCUT2D eigenvalue weighted by Gasteiger charge is 2.40. The van der Waals surface area contributed by atoms with Crippen LogP contribution in [-0.4, -0.2) is 24.9 Å². The summed E-state index contributed by atoms with van der Waals surface area (Å²) in [6, 6.07) is 3.09. The Morgan fingerprint density at radius 2 is 2.05 bits per heavy atom. The zero-order valence-electron chi connectivity index (χ0n) is 11.3. The molecule has 0 bridgehead atoms. The summed E-state index contributed by atoms with van der Waals surface area (Å²) in [7, 11) is 1.47. The van der Waals surface area contributed by atoms with E-state index < -0.39 is 23.1 Å². The summed E-state index contributed by atoms with van der Waals surface area (Å²) in [5, 5.41) is 9.58. The Labute approximate surface area is 115 Å². The molecule has 0 aliphatic carbocycles. The van der Waals surface area contributed by atoms with Crippen molar-refractivity contribution in [2.45, 2.75) is 37.6 Å². The van der Waals surface area contributed by atoms with Gasteiger partial charge in [-0.05, 0) is 30.7 Å². The molecule has 2 atom stereocenters. The summed E-state index contributed by atoms with van der Waals surface area (Å²) in [6.07, 6.45) is -3.71. The Morgan fingerprint density at radius 3 is 2.60 bits per heavy atom. The second-order valence-electron chi connectivity index (χ2n) is 5.10. The first-order valence-electron chi connectivity index (χ1n) is 6.35. The van der Waals surface area contributed by atoms with Gasteiger partial charge in [-0.1, -0.05) is 0 Å². The molecule has 1 aliphatic rings. The predicted molar refractivity (Wildman–Crippen MR) is 66.4 cm³/mol. The molecular formula is C14H17F3O3. The van der Waals surface area contributed by atoms with E-state index in [1.54, 1.807) is 0 Å². The third kappa shape index (κ3) is 2.91. The molecule has 2 rings (SSSR count). The van der Waals surface area contributed by atoms with Gasteiger partial charge in [0.1, 0.15) is 5.75 Å². The number of phenolic OH excluding ortho intramolecular Hbond substituents is 1. The molecule has 1 aromatic carbocycles. The maximum Gasteiger partial charge on any atom is 0.416 e. The number of benzene rings is 1. The van der Waals surface area contributed by atoms with E-state index in [-0.39, 0.29) is 6.10 Å². The molecule has 0 saturated carbocycles. The van der Waals surface area contributed by atoms with Crippen LogP contribution in [-0.2, 0) is 21.3 Å². The fraction of sp³-hybridized carbons (Fsp3) is 0.571. The minimum atomic E-state index is -4.50. The van der Waals surface area contributed by atoms with E-state index in [2.05, 4.69) is 0 Å². The number of rotatable bonds is 2. The second kappa shape index (κ2) is 5.26. The summed E-state index contributed by atoms with van der Waals surface area (Å²) < 4.78 is 49.5. The molecule has 1 aromatic rings. The van der Waals surface area contributed by atoms with E-state index in [0.29, 0.717) is 25.0 Å². The zero-order valence-corrected chi connectivity index (χ0v) is 11.3. The van der Waals surface area contributed by atoms with E-state index in [0.717, 1.165) is 12.1 Å². The molecule has 1 fully saturated rings. The van der Waals surface area contributed by atoms with Crippen LogP contribution in [0.2, 0.25) is 0 Å². The largest absolute Gasteiger partial charge is 0.508 e. The Morgan fingerprint density at radius 1 is 1.35 bits per heavy atom. The summed E-state index contributed by atoms with van der Waals surface area (Å²) in [6.45, 7) is 2.26. The van der Waals surface area contributed by atoms with Crippen LogP contribution in [0.3, 0.4) is 0 Å². The lowest BCUT2D eigenvalue weighted by molar-refractivity contribution is -0.138. The lowest BCUT2D eigenvalue weighted by Gasteiger charge is -2.39. The van der Waals surface area contributed by atoms with Gasteiger partial charge in [0.25, 0.3) is 0 Å². The number of hydrogen-bond acceptors (Lipinski definition) is 3. The van der Waals surface area contributed by atoms with Crippen molar-refractivity contribution < 1.29 is 27.8 Å². The molecule has 0 aromatic heterocycles. The van der Waals surface area contributed by atoms with Crippen LogP contribution in [0.1, 0.15) is 30.9 Å². The van der Waals surface area contributed by atoms with E-state index in [1.807, 2.05) is 6.92 Å². The number of alkyl halides is 3. The molecule has 6 heteroatoms. The highest BCUT2D eigenvalue weighted by molar-refractivity contribution is 5.38. The number of ether oxygens (including phenoxy) is 2. The van der Waals surface area contributed by atoms with Crippen LogP contribution < -0.4 is 0 Å². The number of aromatic hydroxyl groups is 1. The molecule has 1 heterocycles. The van der Waals surface area contributed by atoms with Crippen molar-refractivity contribution in [2.24, 2.45) is 0 Å². The van der Waals surface area contributed by atoms with Crippen molar-refractivity contribution in [3.8, 4) is 5.75 Å². The average Bonchev–Trinajstić information content (AvgIpc) is 2.36. The van der Waals surface area contributed by atoms with Crippen molar-refractivity contribution >= 4 is 0 Å². The van der Waals surface area contributed by atoms with Gasteiger partial charge in [0.15, 0.2) is 0 Å². The van der Waals surface area contributed by atoms with E-state index in [9.17, 15) is 18.3 Å². The SMILES string of the molecule is COC1(c2cc(O)cc(C(F)(F)F)c2)CCOC(C)C1. The molecule has 2 unspecified atom stereocenters. The smallest absolute Gasteiger partial charge is 0.416 e. The first kappa shape index (κ1) is 15.1. The number of methoxy groups -OCH3 is 1. The van der Waals surface area contributed by atoms with Crippen LogP contribution in [0, 0.1) is 0 Å². The van der Waals surface area contributed by atoms with Crippen molar-refractivity contribution in [3.05, 3.63) is 29.3 Å². The van der Waals surface area contributed by atoms with E-state index >= 15 is 0 Å². The molecular weight excluding hydrogens is 273 g/mol. The third-order valence-corrected chi connectivity index (χ3v) is 3.69. The van der Waals surface area contributed by atoms with Crippen molar-refractivity contribution in [3.63, 3.8) is 0 Å². The molecule has 112 valence electrons. The fourth-order valence-electron chi connectivity index (χ4n) is 2.65. The maximum atomic E-state index is 12.8. The van der Waals surface area contributed by atoms with Gasteiger partial charge in [-0.3, -0.25) is 0 Å². The lowest BCUT2D eigenvalue weighted by Crippen LogP contribution is -2.39. The van der Waals surface area contributed by atoms with Crippen LogP contribution >= 0.6 is 0 Å². The zero-order chi connectivity index (χ0) is 15.0. The van der Waals surface area contributed by atoms with Gasteiger partial charge in [0.2, 0.25) is 0 Å². The van der Waals surface area contributed by atoms with Gasteiger partial charge in [-0.2, -0.15) is 13.2 Å². The van der Waals surface area contributed by atoms with Gasteiger partial charge in [0.05, 0.1) is 23.9 Å². The van der Waals surface area contributed by atoms with Gasteiger partial charge in [0, 0.05) is 20.0 Å². The molecule has 0 amide bonds. The quantitative estimate of drug-likeness (QED) is 0.906. The monoisotopic (exact) mass is 290 g/mol. The molecule has 1 N–H and O–H groups in total. The van der Waals surface area contributed by atoms with Crippen molar-refractivity contribution in [1.82, 2.24) is 0 Å². The number of halogens is 3. The highest BCUT2D eigenvalue weighted by Crippen LogP contribution is 2.41. The van der Waals surface area contributed by atoms with Gasteiger partial charge < -0.3 is 14.6 Å². The summed E-state index contributed by atoms with van der Waals surface area (Å²) in [5.74, 6) is -0.412. The molecule has 3 nitrogen and oxygen atoms in total. The first-order chi connectivity index (χ1) is 9.27. The Bertz CT molecular complexity index is 487. The average molecular weight is 290 g/mol. The molecule has 20 heavy (non-hydrogen) atoms. The summed E-state index contributed by atoms with van der Waals surface area (Å²) >= 11 is 0. The Kier molecular flexibility index (Phi) is 3.97. The Balaban J connectivity index is 2.47. The minimum absolute atomic E-state index is 0.111. The minimum Gasteiger partial charge on any atom is -0.508 e. The second-order valence-corrected chi connectivity index (χ2v) is 5.10. The lowest BCUT2D eigenvalue weighted by atomic mass is 9.83. The van der Waals surface area contributed by atoms with Crippen LogP contribution in [0.5, 0.6) is 5.75 Å². The summed E-state index contributed by atoms with van der Waals surface area (Å²) in [4.78, 5) is 0. The Hall–Kier alpha value is -1.27.